The summed E-state index contributed by atoms with van der Waals surface area (Å²) >= 11 is 7.10. The number of aryl methyl sites for hydroxylation is 1. The third kappa shape index (κ3) is 5.26. The lowest BCUT2D eigenvalue weighted by Gasteiger charge is -2.16. The van der Waals surface area contributed by atoms with Gasteiger partial charge in [0.05, 0.1) is 11.8 Å². The van der Waals surface area contributed by atoms with Crippen LogP contribution in [0.5, 0.6) is 0 Å². The third-order valence-electron chi connectivity index (χ3n) is 3.54. The minimum absolute atomic E-state index is 0.0448. The first-order valence-corrected chi connectivity index (χ1v) is 8.87. The number of halogens is 2. The number of benzene rings is 2. The number of carbonyl (C=O) groups is 1. The lowest BCUT2D eigenvalue weighted by Crippen LogP contribution is -2.28. The molecule has 122 valence electrons. The van der Waals surface area contributed by atoms with E-state index in [4.69, 9.17) is 11.6 Å². The van der Waals surface area contributed by atoms with Crippen molar-refractivity contribution in [2.24, 2.45) is 0 Å². The Hall–Kier alpha value is -1.52. The summed E-state index contributed by atoms with van der Waals surface area (Å²) in [4.78, 5) is 12.0. The van der Waals surface area contributed by atoms with Crippen LogP contribution in [0.4, 0.5) is 4.39 Å². The predicted molar refractivity (Wildman–Crippen MR) is 95.3 cm³/mol. The first-order valence-electron chi connectivity index (χ1n) is 7.34. The molecule has 0 aliphatic heterocycles. The molecule has 0 aromatic heterocycles. The number of hydrogen-bond donors (Lipinski definition) is 1. The van der Waals surface area contributed by atoms with E-state index >= 15 is 0 Å². The SMILES string of the molecule is Cc1ccccc1C(C)NC(=O)CSCc1ccc(Cl)cc1F. The second-order valence-electron chi connectivity index (χ2n) is 5.37. The molecule has 2 aromatic carbocycles. The Kier molecular flexibility index (Phi) is 6.48. The Morgan fingerprint density at radius 2 is 2.04 bits per heavy atom. The van der Waals surface area contributed by atoms with Crippen LogP contribution in [0.2, 0.25) is 5.02 Å². The molecular formula is C18H19ClFNOS. The van der Waals surface area contributed by atoms with E-state index in [2.05, 4.69) is 5.32 Å². The van der Waals surface area contributed by atoms with Crippen LogP contribution in [-0.4, -0.2) is 11.7 Å². The Morgan fingerprint density at radius 3 is 2.74 bits per heavy atom. The highest BCUT2D eigenvalue weighted by Gasteiger charge is 2.12. The molecule has 1 amide bonds. The van der Waals surface area contributed by atoms with Gasteiger partial charge in [-0.3, -0.25) is 4.79 Å². The molecule has 5 heteroatoms. The van der Waals surface area contributed by atoms with Gasteiger partial charge in [-0.25, -0.2) is 4.39 Å². The predicted octanol–water partition coefficient (Wildman–Crippen LogP) is 4.90. The molecule has 2 nitrogen and oxygen atoms in total. The minimum Gasteiger partial charge on any atom is -0.349 e. The van der Waals surface area contributed by atoms with Gasteiger partial charge in [-0.1, -0.05) is 41.9 Å². The fourth-order valence-electron chi connectivity index (χ4n) is 2.33. The van der Waals surface area contributed by atoms with Crippen LogP contribution in [0.1, 0.15) is 29.7 Å². The van der Waals surface area contributed by atoms with Crippen LogP contribution in [0, 0.1) is 12.7 Å². The van der Waals surface area contributed by atoms with Gasteiger partial charge in [0.25, 0.3) is 0 Å². The number of thioether (sulfide) groups is 1. The van der Waals surface area contributed by atoms with E-state index in [1.165, 1.54) is 17.8 Å². The summed E-state index contributed by atoms with van der Waals surface area (Å²) in [6.07, 6.45) is 0. The van der Waals surface area contributed by atoms with E-state index in [1.54, 1.807) is 12.1 Å². The molecule has 0 bridgehead atoms. The molecule has 0 aliphatic rings. The Bertz CT molecular complexity index is 692. The molecule has 0 heterocycles. The van der Waals surface area contributed by atoms with Crippen LogP contribution in [0.25, 0.3) is 0 Å². The fraction of sp³-hybridized carbons (Fsp3) is 0.278. The largest absolute Gasteiger partial charge is 0.349 e. The molecule has 0 spiro atoms. The molecule has 2 aromatic rings. The van der Waals surface area contributed by atoms with E-state index in [1.807, 2.05) is 38.1 Å². The van der Waals surface area contributed by atoms with E-state index in [0.29, 0.717) is 16.3 Å². The van der Waals surface area contributed by atoms with E-state index in [-0.39, 0.29) is 23.5 Å². The van der Waals surface area contributed by atoms with Crippen LogP contribution < -0.4 is 5.32 Å². The van der Waals surface area contributed by atoms with E-state index in [0.717, 1.165) is 11.1 Å². The smallest absolute Gasteiger partial charge is 0.230 e. The van der Waals surface area contributed by atoms with Crippen molar-refractivity contribution in [2.75, 3.05) is 5.75 Å². The second-order valence-corrected chi connectivity index (χ2v) is 6.80. The molecule has 0 saturated carbocycles. The van der Waals surface area contributed by atoms with Crippen LogP contribution in [-0.2, 0) is 10.5 Å². The van der Waals surface area contributed by atoms with Gasteiger partial charge in [-0.05, 0) is 42.7 Å². The van der Waals surface area contributed by atoms with Crippen molar-refractivity contribution in [3.63, 3.8) is 0 Å². The molecule has 2 rings (SSSR count). The van der Waals surface area contributed by atoms with Gasteiger partial charge >= 0.3 is 0 Å². The van der Waals surface area contributed by atoms with Crippen LogP contribution >= 0.6 is 23.4 Å². The van der Waals surface area contributed by atoms with Crippen molar-refractivity contribution in [1.82, 2.24) is 5.32 Å². The van der Waals surface area contributed by atoms with Crippen molar-refractivity contribution in [1.29, 1.82) is 0 Å². The maximum Gasteiger partial charge on any atom is 0.230 e. The van der Waals surface area contributed by atoms with Gasteiger partial charge in [0, 0.05) is 10.8 Å². The molecule has 23 heavy (non-hydrogen) atoms. The fourth-order valence-corrected chi connectivity index (χ4v) is 3.31. The first kappa shape index (κ1) is 17.8. The van der Waals surface area contributed by atoms with Crippen LogP contribution in [0.15, 0.2) is 42.5 Å². The lowest BCUT2D eigenvalue weighted by atomic mass is 10.0. The molecule has 0 radical (unpaired) electrons. The van der Waals surface area contributed by atoms with E-state index < -0.39 is 0 Å². The number of hydrogen-bond acceptors (Lipinski definition) is 2. The zero-order valence-electron chi connectivity index (χ0n) is 13.1. The second kappa shape index (κ2) is 8.37. The highest BCUT2D eigenvalue weighted by molar-refractivity contribution is 7.99. The zero-order chi connectivity index (χ0) is 16.8. The summed E-state index contributed by atoms with van der Waals surface area (Å²) in [7, 11) is 0. The summed E-state index contributed by atoms with van der Waals surface area (Å²) in [5.41, 5.74) is 2.81. The quantitative estimate of drug-likeness (QED) is 0.802. The summed E-state index contributed by atoms with van der Waals surface area (Å²) < 4.78 is 13.7. The summed E-state index contributed by atoms with van der Waals surface area (Å²) in [6.45, 7) is 3.99. The summed E-state index contributed by atoms with van der Waals surface area (Å²) in [6, 6.07) is 12.5. The highest BCUT2D eigenvalue weighted by Crippen LogP contribution is 2.20. The highest BCUT2D eigenvalue weighted by atomic mass is 35.5. The monoisotopic (exact) mass is 351 g/mol. The van der Waals surface area contributed by atoms with Gasteiger partial charge < -0.3 is 5.32 Å². The Labute approximate surface area is 145 Å². The maximum absolute atomic E-state index is 13.7. The molecule has 1 unspecified atom stereocenters. The van der Waals surface area contributed by atoms with Crippen molar-refractivity contribution in [2.45, 2.75) is 25.6 Å². The van der Waals surface area contributed by atoms with Crippen molar-refractivity contribution >= 4 is 29.3 Å². The van der Waals surface area contributed by atoms with Crippen molar-refractivity contribution in [3.8, 4) is 0 Å². The van der Waals surface area contributed by atoms with Gasteiger partial charge in [-0.15, -0.1) is 11.8 Å². The standard InChI is InChI=1S/C18H19ClFNOS/c1-12-5-3-4-6-16(12)13(2)21-18(22)11-23-10-14-7-8-15(19)9-17(14)20/h3-9,13H,10-11H2,1-2H3,(H,21,22). The molecule has 0 aliphatic carbocycles. The molecular weight excluding hydrogens is 333 g/mol. The summed E-state index contributed by atoms with van der Waals surface area (Å²) in [5, 5.41) is 3.35. The van der Waals surface area contributed by atoms with E-state index in [9.17, 15) is 9.18 Å². The van der Waals surface area contributed by atoms with Gasteiger partial charge in [0.15, 0.2) is 0 Å². The maximum atomic E-state index is 13.7. The normalized spacial score (nSPS) is 12.0. The topological polar surface area (TPSA) is 29.1 Å². The number of rotatable bonds is 6. The average molecular weight is 352 g/mol. The minimum atomic E-state index is -0.335. The molecule has 1 N–H and O–H groups in total. The van der Waals surface area contributed by atoms with Crippen LogP contribution in [0.3, 0.4) is 0 Å². The number of amides is 1. The molecule has 0 saturated heterocycles. The number of carbonyl (C=O) groups excluding carboxylic acids is 1. The van der Waals surface area contributed by atoms with Gasteiger partial charge in [0.2, 0.25) is 5.91 Å². The van der Waals surface area contributed by atoms with Crippen molar-refractivity contribution in [3.05, 3.63) is 70.0 Å². The number of nitrogens with one attached hydrogen (secondary N) is 1. The third-order valence-corrected chi connectivity index (χ3v) is 4.75. The molecule has 0 fully saturated rings. The average Bonchev–Trinajstić information content (AvgIpc) is 2.49. The Balaban J connectivity index is 1.82. The van der Waals surface area contributed by atoms with Gasteiger partial charge in [-0.2, -0.15) is 0 Å². The first-order chi connectivity index (χ1) is 11.0. The van der Waals surface area contributed by atoms with Crippen molar-refractivity contribution < 1.29 is 9.18 Å². The zero-order valence-corrected chi connectivity index (χ0v) is 14.7. The summed E-state index contributed by atoms with van der Waals surface area (Å²) in [5.74, 6) is 0.340. The molecule has 1 atom stereocenters. The lowest BCUT2D eigenvalue weighted by molar-refractivity contribution is -0.119. The Morgan fingerprint density at radius 1 is 1.30 bits per heavy atom. The van der Waals surface area contributed by atoms with Gasteiger partial charge in [0.1, 0.15) is 5.82 Å².